The second-order valence-electron chi connectivity index (χ2n) is 12.0. The number of oxazole rings is 1. The molecule has 0 spiro atoms. The van der Waals surface area contributed by atoms with Gasteiger partial charge in [-0.05, 0) is 36.6 Å². The predicted octanol–water partition coefficient (Wildman–Crippen LogP) is 1.37. The summed E-state index contributed by atoms with van der Waals surface area (Å²) in [6.07, 6.45) is 1.97. The molecule has 2 fully saturated rings. The Balaban J connectivity index is 1.02. The van der Waals surface area contributed by atoms with Crippen molar-refractivity contribution in [3.8, 4) is 5.75 Å². The van der Waals surface area contributed by atoms with Crippen LogP contribution in [0.25, 0.3) is 0 Å². The maximum absolute atomic E-state index is 13.2. The number of nitrogens with one attached hydrogen (secondary N) is 2. The van der Waals surface area contributed by atoms with E-state index in [4.69, 9.17) is 13.9 Å². The Morgan fingerprint density at radius 2 is 1.93 bits per heavy atom. The van der Waals surface area contributed by atoms with E-state index >= 15 is 0 Å². The third-order valence-corrected chi connectivity index (χ3v) is 8.61. The molecule has 246 valence electrons. The maximum atomic E-state index is 13.2. The molecule has 1 aromatic carbocycles. The number of amides is 2. The summed E-state index contributed by atoms with van der Waals surface area (Å²) in [5.74, 6) is 2.23. The van der Waals surface area contributed by atoms with E-state index in [1.165, 1.54) is 17.5 Å². The van der Waals surface area contributed by atoms with Crippen molar-refractivity contribution in [2.45, 2.75) is 52.0 Å². The highest BCUT2D eigenvalue weighted by molar-refractivity contribution is 5.93. The third-order valence-electron chi connectivity index (χ3n) is 8.61. The summed E-state index contributed by atoms with van der Waals surface area (Å²) in [6, 6.07) is 7.83. The van der Waals surface area contributed by atoms with Gasteiger partial charge < -0.3 is 39.4 Å². The van der Waals surface area contributed by atoms with E-state index in [0.29, 0.717) is 83.0 Å². The van der Waals surface area contributed by atoms with Gasteiger partial charge in [0.2, 0.25) is 11.9 Å². The van der Waals surface area contributed by atoms with E-state index in [9.17, 15) is 14.7 Å². The van der Waals surface area contributed by atoms with Crippen LogP contribution in [0.15, 0.2) is 35.1 Å². The Morgan fingerprint density at radius 1 is 1.11 bits per heavy atom. The molecule has 0 radical (unpaired) electrons. The Labute approximate surface area is 268 Å². The molecule has 3 aromatic rings. The first-order valence-corrected chi connectivity index (χ1v) is 15.9. The second-order valence-corrected chi connectivity index (χ2v) is 12.0. The van der Waals surface area contributed by atoms with E-state index in [1.807, 2.05) is 29.7 Å². The van der Waals surface area contributed by atoms with Crippen LogP contribution in [0.3, 0.4) is 0 Å². The van der Waals surface area contributed by atoms with Crippen molar-refractivity contribution in [2.75, 3.05) is 69.2 Å². The minimum atomic E-state index is -0.756. The van der Waals surface area contributed by atoms with Crippen molar-refractivity contribution in [3.05, 3.63) is 58.9 Å². The van der Waals surface area contributed by atoms with Gasteiger partial charge in [0.1, 0.15) is 23.9 Å². The number of nitrogens with zero attached hydrogens (tertiary/aromatic N) is 6. The standard InChI is InChI=1S/C32H42N8O6/c1-3-30(42)39-8-10-40(11-9-39)32-36-27(13-29(37-32)35-24-17-44-18-24)31(43)33-14-25(41)16-38-7-6-22-12-26(5-4-23(22)15-38)45-19-28-21(2)34-20-46-28/h4-5,12-13,20,24-25,41H,3,6-11,14-19H2,1-2H3,(H,33,43)(H,35,36,37). The molecule has 2 saturated heterocycles. The number of carbonyl (C=O) groups is 2. The van der Waals surface area contributed by atoms with Crippen molar-refractivity contribution in [2.24, 2.45) is 0 Å². The zero-order chi connectivity index (χ0) is 32.0. The first-order valence-electron chi connectivity index (χ1n) is 15.9. The van der Waals surface area contributed by atoms with Crippen molar-refractivity contribution < 1.29 is 28.6 Å². The molecule has 2 amide bonds. The zero-order valence-corrected chi connectivity index (χ0v) is 26.4. The molecule has 3 aliphatic rings. The predicted molar refractivity (Wildman–Crippen MR) is 169 cm³/mol. The van der Waals surface area contributed by atoms with Gasteiger partial charge in [0.05, 0.1) is 31.1 Å². The molecule has 46 heavy (non-hydrogen) atoms. The number of β-amino-alcohol motifs (C(OH)–C–C–N with tert-alkyl or cyclic N) is 1. The van der Waals surface area contributed by atoms with Gasteiger partial charge in [-0.1, -0.05) is 13.0 Å². The second kappa shape index (κ2) is 14.4. The number of aliphatic hydroxyl groups excluding tert-OH is 1. The fourth-order valence-corrected chi connectivity index (χ4v) is 5.78. The number of rotatable bonds is 12. The average Bonchev–Trinajstić information content (AvgIpc) is 3.48. The quantitative estimate of drug-likeness (QED) is 0.263. The van der Waals surface area contributed by atoms with Crippen LogP contribution in [0.5, 0.6) is 5.75 Å². The number of benzene rings is 1. The Kier molecular flexibility index (Phi) is 9.95. The molecule has 0 bridgehead atoms. The largest absolute Gasteiger partial charge is 0.486 e. The number of aliphatic hydroxyl groups is 1. The van der Waals surface area contributed by atoms with Crippen molar-refractivity contribution in [1.82, 2.24) is 30.1 Å². The molecule has 3 N–H and O–H groups in total. The van der Waals surface area contributed by atoms with Gasteiger partial charge in [-0.15, -0.1) is 0 Å². The van der Waals surface area contributed by atoms with Crippen LogP contribution < -0.4 is 20.3 Å². The summed E-state index contributed by atoms with van der Waals surface area (Å²) in [5.41, 5.74) is 3.45. The number of fused-ring (bicyclic) bond motifs is 1. The van der Waals surface area contributed by atoms with E-state index in [2.05, 4.69) is 42.6 Å². The molecule has 14 nitrogen and oxygen atoms in total. The number of aromatic nitrogens is 3. The SMILES string of the molecule is CCC(=O)N1CCN(c2nc(NC3COC3)cc(C(=O)NCC(O)CN3CCc4cc(OCc5ocnc5C)ccc4C3)n2)CC1. The smallest absolute Gasteiger partial charge is 0.270 e. The number of anilines is 2. The number of hydrogen-bond donors (Lipinski definition) is 3. The van der Waals surface area contributed by atoms with Gasteiger partial charge in [0.15, 0.2) is 12.2 Å². The Hall–Kier alpha value is -4.27. The highest BCUT2D eigenvalue weighted by atomic mass is 16.5. The summed E-state index contributed by atoms with van der Waals surface area (Å²) in [6.45, 7) is 9.55. The fourth-order valence-electron chi connectivity index (χ4n) is 5.78. The van der Waals surface area contributed by atoms with Gasteiger partial charge in [-0.25, -0.2) is 9.97 Å². The van der Waals surface area contributed by atoms with E-state index in [-0.39, 0.29) is 30.1 Å². The van der Waals surface area contributed by atoms with Crippen LogP contribution in [-0.2, 0) is 29.1 Å². The molecule has 0 aliphatic carbocycles. The molecule has 2 aromatic heterocycles. The topological polar surface area (TPSA) is 158 Å². The number of carbonyl (C=O) groups excluding carboxylic acids is 2. The molecule has 14 heteroatoms. The number of ether oxygens (including phenoxy) is 2. The van der Waals surface area contributed by atoms with Crippen LogP contribution in [0.2, 0.25) is 0 Å². The Bertz CT molecular complexity index is 1520. The summed E-state index contributed by atoms with van der Waals surface area (Å²) in [7, 11) is 0. The summed E-state index contributed by atoms with van der Waals surface area (Å²) < 4.78 is 16.5. The van der Waals surface area contributed by atoms with Gasteiger partial charge in [0, 0.05) is 64.8 Å². The molecule has 5 heterocycles. The Morgan fingerprint density at radius 3 is 2.65 bits per heavy atom. The van der Waals surface area contributed by atoms with Gasteiger partial charge >= 0.3 is 0 Å². The van der Waals surface area contributed by atoms with E-state index in [0.717, 1.165) is 24.4 Å². The normalized spacial score (nSPS) is 17.6. The molecule has 3 aliphatic heterocycles. The molecular weight excluding hydrogens is 592 g/mol. The highest BCUT2D eigenvalue weighted by Crippen LogP contribution is 2.25. The van der Waals surface area contributed by atoms with Gasteiger partial charge in [-0.2, -0.15) is 4.98 Å². The third kappa shape index (κ3) is 7.74. The average molecular weight is 635 g/mol. The van der Waals surface area contributed by atoms with Crippen LogP contribution >= 0.6 is 0 Å². The number of piperazine rings is 1. The maximum Gasteiger partial charge on any atom is 0.270 e. The molecule has 1 unspecified atom stereocenters. The lowest BCUT2D eigenvalue weighted by molar-refractivity contribution is -0.131. The minimum Gasteiger partial charge on any atom is -0.486 e. The highest BCUT2D eigenvalue weighted by Gasteiger charge is 2.26. The fraction of sp³-hybridized carbons (Fsp3) is 0.531. The van der Waals surface area contributed by atoms with Crippen LogP contribution in [-0.4, -0.2) is 113 Å². The lowest BCUT2D eigenvalue weighted by Crippen LogP contribution is -2.49. The summed E-state index contributed by atoms with van der Waals surface area (Å²) in [5, 5.41) is 17.0. The number of hydrogen-bond acceptors (Lipinski definition) is 12. The van der Waals surface area contributed by atoms with Crippen molar-refractivity contribution in [1.29, 1.82) is 0 Å². The monoisotopic (exact) mass is 634 g/mol. The lowest BCUT2D eigenvalue weighted by Gasteiger charge is -2.35. The first-order chi connectivity index (χ1) is 22.3. The van der Waals surface area contributed by atoms with E-state index < -0.39 is 6.10 Å². The number of aryl methyl sites for hydroxylation is 1. The van der Waals surface area contributed by atoms with Gasteiger partial charge in [-0.3, -0.25) is 14.5 Å². The van der Waals surface area contributed by atoms with Crippen molar-refractivity contribution in [3.63, 3.8) is 0 Å². The van der Waals surface area contributed by atoms with Crippen molar-refractivity contribution >= 4 is 23.6 Å². The van der Waals surface area contributed by atoms with Crippen LogP contribution in [0, 0.1) is 6.92 Å². The minimum absolute atomic E-state index is 0.0897. The summed E-state index contributed by atoms with van der Waals surface area (Å²) >= 11 is 0. The van der Waals surface area contributed by atoms with Gasteiger partial charge in [0.25, 0.3) is 5.91 Å². The lowest BCUT2D eigenvalue weighted by atomic mass is 9.99. The molecule has 6 rings (SSSR count). The molecule has 1 atom stereocenters. The first kappa shape index (κ1) is 31.7. The molecule has 0 saturated carbocycles. The van der Waals surface area contributed by atoms with Crippen LogP contribution in [0.1, 0.15) is 46.4 Å². The summed E-state index contributed by atoms with van der Waals surface area (Å²) in [4.78, 5) is 44.7. The van der Waals surface area contributed by atoms with Crippen LogP contribution in [0.4, 0.5) is 11.8 Å². The van der Waals surface area contributed by atoms with E-state index in [1.54, 1.807) is 6.07 Å². The molecular formula is C32H42N8O6. The zero-order valence-electron chi connectivity index (χ0n) is 26.4.